The molecule has 9 nitrogen and oxygen atoms in total. The number of amides is 2. The molecule has 10 heteroatoms. The average Bonchev–Trinajstić information content (AvgIpc) is 3.33. The Morgan fingerprint density at radius 3 is 2.85 bits per heavy atom. The highest BCUT2D eigenvalue weighted by atomic mass is 35.5. The summed E-state index contributed by atoms with van der Waals surface area (Å²) in [6.45, 7) is 0.807. The molecule has 0 radical (unpaired) electrons. The summed E-state index contributed by atoms with van der Waals surface area (Å²) in [6.07, 6.45) is 0.980. The standard InChI is InChI=1S/C17H13ClN6O3/c18-11-4-5-15(24-10-19-21-22-24)14(8-11)16(25)20-12-2-1-3-13(9-12)23-6-7-27-17(23)26/h1-5,8-10H,6-7H2,(H,20,25). The van der Waals surface area contributed by atoms with Gasteiger partial charge in [-0.3, -0.25) is 9.69 Å². The van der Waals surface area contributed by atoms with E-state index in [4.69, 9.17) is 16.3 Å². The third kappa shape index (κ3) is 3.44. The Morgan fingerprint density at radius 1 is 1.22 bits per heavy atom. The zero-order valence-corrected chi connectivity index (χ0v) is 14.6. The molecule has 0 bridgehead atoms. The van der Waals surface area contributed by atoms with E-state index in [1.165, 1.54) is 22.0 Å². The van der Waals surface area contributed by atoms with Crippen molar-refractivity contribution in [1.29, 1.82) is 0 Å². The monoisotopic (exact) mass is 384 g/mol. The molecule has 1 aliphatic rings. The maximum absolute atomic E-state index is 12.8. The number of tetrazole rings is 1. The van der Waals surface area contributed by atoms with E-state index in [9.17, 15) is 9.59 Å². The maximum Gasteiger partial charge on any atom is 0.414 e. The molecule has 1 saturated heterocycles. The number of carbonyl (C=O) groups excluding carboxylic acids is 2. The summed E-state index contributed by atoms with van der Waals surface area (Å²) in [6, 6.07) is 11.8. The number of cyclic esters (lactones) is 1. The van der Waals surface area contributed by atoms with Crippen LogP contribution in [0.3, 0.4) is 0 Å². The van der Waals surface area contributed by atoms with Crippen molar-refractivity contribution in [2.75, 3.05) is 23.4 Å². The molecular formula is C17H13ClN6O3. The Bertz CT molecular complexity index is 1010. The lowest BCUT2D eigenvalue weighted by Crippen LogP contribution is -2.23. The number of carbonyl (C=O) groups is 2. The van der Waals surface area contributed by atoms with Gasteiger partial charge in [0, 0.05) is 16.4 Å². The van der Waals surface area contributed by atoms with Crippen molar-refractivity contribution in [3.8, 4) is 5.69 Å². The van der Waals surface area contributed by atoms with Crippen LogP contribution in [0, 0.1) is 0 Å². The fraction of sp³-hybridized carbons (Fsp3) is 0.118. The second-order valence-electron chi connectivity index (χ2n) is 5.69. The van der Waals surface area contributed by atoms with Crippen molar-refractivity contribution in [2.24, 2.45) is 0 Å². The summed E-state index contributed by atoms with van der Waals surface area (Å²) in [4.78, 5) is 26.0. The smallest absolute Gasteiger partial charge is 0.414 e. The number of aromatic nitrogens is 4. The third-order valence-electron chi connectivity index (χ3n) is 3.98. The Hall–Kier alpha value is -3.46. The van der Waals surface area contributed by atoms with Crippen LogP contribution in [0.25, 0.3) is 5.69 Å². The van der Waals surface area contributed by atoms with E-state index >= 15 is 0 Å². The second kappa shape index (κ2) is 7.04. The van der Waals surface area contributed by atoms with Crippen molar-refractivity contribution in [1.82, 2.24) is 20.2 Å². The summed E-state index contributed by atoms with van der Waals surface area (Å²) in [5.41, 5.74) is 1.96. The average molecular weight is 385 g/mol. The highest BCUT2D eigenvalue weighted by Gasteiger charge is 2.24. The highest BCUT2D eigenvalue weighted by Crippen LogP contribution is 2.24. The van der Waals surface area contributed by atoms with E-state index < -0.39 is 6.09 Å². The predicted octanol–water partition coefficient (Wildman–Crippen LogP) is 2.52. The normalized spacial score (nSPS) is 13.5. The van der Waals surface area contributed by atoms with E-state index in [-0.39, 0.29) is 5.91 Å². The predicted molar refractivity (Wildman–Crippen MR) is 97.3 cm³/mol. The molecule has 0 spiro atoms. The van der Waals surface area contributed by atoms with Crippen LogP contribution in [0.15, 0.2) is 48.8 Å². The fourth-order valence-electron chi connectivity index (χ4n) is 2.74. The summed E-state index contributed by atoms with van der Waals surface area (Å²) < 4.78 is 6.32. The summed E-state index contributed by atoms with van der Waals surface area (Å²) in [7, 11) is 0. The number of halogens is 1. The third-order valence-corrected chi connectivity index (χ3v) is 4.21. The van der Waals surface area contributed by atoms with Gasteiger partial charge in [-0.05, 0) is 46.8 Å². The molecule has 2 amide bonds. The first kappa shape index (κ1) is 17.0. The number of anilines is 2. The lowest BCUT2D eigenvalue weighted by molar-refractivity contribution is 0.102. The molecule has 0 atom stereocenters. The highest BCUT2D eigenvalue weighted by molar-refractivity contribution is 6.31. The van der Waals surface area contributed by atoms with Crippen molar-refractivity contribution >= 4 is 35.0 Å². The largest absolute Gasteiger partial charge is 0.447 e. The van der Waals surface area contributed by atoms with Crippen LogP contribution < -0.4 is 10.2 Å². The molecule has 1 aromatic heterocycles. The van der Waals surface area contributed by atoms with Gasteiger partial charge >= 0.3 is 6.09 Å². The first-order valence-corrected chi connectivity index (χ1v) is 8.38. The minimum absolute atomic E-state index is 0.306. The van der Waals surface area contributed by atoms with Crippen molar-refractivity contribution in [2.45, 2.75) is 0 Å². The minimum Gasteiger partial charge on any atom is -0.447 e. The van der Waals surface area contributed by atoms with Crippen LogP contribution in [0.4, 0.5) is 16.2 Å². The van der Waals surface area contributed by atoms with Crippen LogP contribution in [0.1, 0.15) is 10.4 Å². The molecule has 2 aromatic carbocycles. The molecule has 3 aromatic rings. The lowest BCUT2D eigenvalue weighted by Gasteiger charge is -2.15. The van der Waals surface area contributed by atoms with E-state index in [0.717, 1.165) is 0 Å². The summed E-state index contributed by atoms with van der Waals surface area (Å²) in [5, 5.41) is 14.2. The van der Waals surface area contributed by atoms with E-state index in [2.05, 4.69) is 20.8 Å². The van der Waals surface area contributed by atoms with E-state index in [0.29, 0.717) is 40.8 Å². The molecule has 27 heavy (non-hydrogen) atoms. The van der Waals surface area contributed by atoms with Crippen molar-refractivity contribution in [3.63, 3.8) is 0 Å². The molecule has 1 N–H and O–H groups in total. The summed E-state index contributed by atoms with van der Waals surface area (Å²) >= 11 is 6.05. The van der Waals surface area contributed by atoms with Gasteiger partial charge in [0.1, 0.15) is 12.9 Å². The van der Waals surface area contributed by atoms with Crippen LogP contribution in [0.2, 0.25) is 5.02 Å². The first-order valence-electron chi connectivity index (χ1n) is 8.00. The molecule has 1 fully saturated rings. The number of ether oxygens (including phenoxy) is 1. The zero-order chi connectivity index (χ0) is 18.8. The van der Waals surface area contributed by atoms with Crippen LogP contribution in [-0.2, 0) is 4.74 Å². The quantitative estimate of drug-likeness (QED) is 0.741. The Kier molecular flexibility index (Phi) is 4.43. The number of benzene rings is 2. The van der Waals surface area contributed by atoms with Gasteiger partial charge in [-0.2, -0.15) is 4.68 Å². The second-order valence-corrected chi connectivity index (χ2v) is 6.12. The van der Waals surface area contributed by atoms with Crippen LogP contribution in [0.5, 0.6) is 0 Å². The fourth-order valence-corrected chi connectivity index (χ4v) is 2.91. The Balaban J connectivity index is 1.62. The molecule has 4 rings (SSSR count). The molecular weight excluding hydrogens is 372 g/mol. The van der Waals surface area contributed by atoms with Gasteiger partial charge in [0.15, 0.2) is 0 Å². The van der Waals surface area contributed by atoms with Gasteiger partial charge in [0.2, 0.25) is 0 Å². The molecule has 1 aliphatic heterocycles. The SMILES string of the molecule is O=C(Nc1cccc(N2CCOC2=O)c1)c1cc(Cl)ccc1-n1cnnn1. The first-order chi connectivity index (χ1) is 13.1. The van der Waals surface area contributed by atoms with Gasteiger partial charge < -0.3 is 10.1 Å². The number of hydrogen-bond donors (Lipinski definition) is 1. The van der Waals surface area contributed by atoms with Gasteiger partial charge in [-0.1, -0.05) is 17.7 Å². The van der Waals surface area contributed by atoms with Crippen LogP contribution in [-0.4, -0.2) is 45.4 Å². The molecule has 136 valence electrons. The van der Waals surface area contributed by atoms with Gasteiger partial charge in [-0.25, -0.2) is 4.79 Å². The van der Waals surface area contributed by atoms with E-state index in [1.807, 2.05) is 0 Å². The Morgan fingerprint density at radius 2 is 2.11 bits per heavy atom. The van der Waals surface area contributed by atoms with Gasteiger partial charge in [-0.15, -0.1) is 5.10 Å². The Labute approximate surface area is 158 Å². The lowest BCUT2D eigenvalue weighted by atomic mass is 10.1. The minimum atomic E-state index is -0.408. The van der Waals surface area contributed by atoms with Crippen LogP contribution >= 0.6 is 11.6 Å². The molecule has 0 unspecified atom stereocenters. The van der Waals surface area contributed by atoms with Crippen molar-refractivity contribution in [3.05, 3.63) is 59.4 Å². The number of hydrogen-bond acceptors (Lipinski definition) is 6. The molecule has 0 saturated carbocycles. The molecule has 0 aliphatic carbocycles. The summed E-state index contributed by atoms with van der Waals surface area (Å²) in [5.74, 6) is -0.385. The number of rotatable bonds is 4. The number of nitrogens with zero attached hydrogens (tertiary/aromatic N) is 5. The topological polar surface area (TPSA) is 102 Å². The van der Waals surface area contributed by atoms with Gasteiger partial charge in [0.05, 0.1) is 17.8 Å². The van der Waals surface area contributed by atoms with E-state index in [1.54, 1.807) is 36.4 Å². The van der Waals surface area contributed by atoms with Gasteiger partial charge in [0.25, 0.3) is 5.91 Å². The maximum atomic E-state index is 12.8. The number of nitrogens with one attached hydrogen (secondary N) is 1. The molecule has 2 heterocycles. The zero-order valence-electron chi connectivity index (χ0n) is 13.9. The van der Waals surface area contributed by atoms with Crippen molar-refractivity contribution < 1.29 is 14.3 Å².